The van der Waals surface area contributed by atoms with Gasteiger partial charge in [0.05, 0.1) is 16.4 Å². The van der Waals surface area contributed by atoms with Gasteiger partial charge in [0.1, 0.15) is 10.6 Å². The van der Waals surface area contributed by atoms with E-state index in [0.717, 1.165) is 0 Å². The number of nitrogens with two attached hydrogens (primary N) is 1. The van der Waals surface area contributed by atoms with Crippen molar-refractivity contribution in [3.63, 3.8) is 0 Å². The number of carbonyl (C=O) groups excluding carboxylic acids is 1. The number of pyridine rings is 1. The van der Waals surface area contributed by atoms with Crippen molar-refractivity contribution >= 4 is 39.3 Å². The SMILES string of the molecule is Cn1c2ccccc2c(=O)c2c(F)c(C(N)=O)c(F)c(Cl)c21. The molecule has 0 radical (unpaired) electrons. The average molecular weight is 323 g/mol. The van der Waals surface area contributed by atoms with E-state index in [9.17, 15) is 18.4 Å². The minimum Gasteiger partial charge on any atom is -0.365 e. The summed E-state index contributed by atoms with van der Waals surface area (Å²) < 4.78 is 30.1. The average Bonchev–Trinajstić information content (AvgIpc) is 2.48. The van der Waals surface area contributed by atoms with Gasteiger partial charge in [0.15, 0.2) is 17.1 Å². The highest BCUT2D eigenvalue weighted by Crippen LogP contribution is 2.32. The maximum atomic E-state index is 14.5. The Bertz CT molecular complexity index is 1030. The first-order valence-electron chi connectivity index (χ1n) is 6.24. The van der Waals surface area contributed by atoms with Crippen LogP contribution in [-0.2, 0) is 7.05 Å². The monoisotopic (exact) mass is 322 g/mol. The van der Waals surface area contributed by atoms with Crippen LogP contribution >= 0.6 is 11.6 Å². The van der Waals surface area contributed by atoms with Gasteiger partial charge in [0, 0.05) is 12.4 Å². The number of fused-ring (bicyclic) bond motifs is 2. The number of aromatic nitrogens is 1. The van der Waals surface area contributed by atoms with Crippen molar-refractivity contribution in [3.8, 4) is 0 Å². The van der Waals surface area contributed by atoms with Crippen molar-refractivity contribution in [2.24, 2.45) is 12.8 Å². The second-order valence-electron chi connectivity index (χ2n) is 4.81. The molecule has 2 N–H and O–H groups in total. The molecule has 0 aliphatic carbocycles. The molecule has 1 heterocycles. The lowest BCUT2D eigenvalue weighted by molar-refractivity contribution is 0.0992. The lowest BCUT2D eigenvalue weighted by Gasteiger charge is -2.14. The summed E-state index contributed by atoms with van der Waals surface area (Å²) in [5.41, 5.74) is 3.65. The Morgan fingerprint density at radius 2 is 1.86 bits per heavy atom. The highest BCUT2D eigenvalue weighted by molar-refractivity contribution is 6.36. The Labute approximate surface area is 127 Å². The molecular weight excluding hydrogens is 314 g/mol. The van der Waals surface area contributed by atoms with Crippen LogP contribution in [0.15, 0.2) is 29.1 Å². The number of para-hydroxylation sites is 1. The zero-order valence-corrected chi connectivity index (χ0v) is 12.0. The molecule has 7 heteroatoms. The third kappa shape index (κ3) is 1.74. The second-order valence-corrected chi connectivity index (χ2v) is 5.19. The normalized spacial score (nSPS) is 11.3. The number of primary amides is 1. The van der Waals surface area contributed by atoms with E-state index in [2.05, 4.69) is 0 Å². The van der Waals surface area contributed by atoms with Crippen LogP contribution in [0.4, 0.5) is 8.78 Å². The van der Waals surface area contributed by atoms with Crippen LogP contribution < -0.4 is 11.2 Å². The number of carbonyl (C=O) groups is 1. The number of halogens is 3. The Balaban J connectivity index is 2.75. The largest absolute Gasteiger partial charge is 0.365 e. The molecule has 3 rings (SSSR count). The number of hydrogen-bond donors (Lipinski definition) is 1. The van der Waals surface area contributed by atoms with Gasteiger partial charge in [-0.15, -0.1) is 0 Å². The first kappa shape index (κ1) is 14.5. The number of rotatable bonds is 1. The summed E-state index contributed by atoms with van der Waals surface area (Å²) in [5, 5.41) is -0.744. The quantitative estimate of drug-likeness (QED) is 0.553. The number of nitrogens with zero attached hydrogens (tertiary/aromatic N) is 1. The van der Waals surface area contributed by atoms with Gasteiger partial charge >= 0.3 is 0 Å². The van der Waals surface area contributed by atoms with Gasteiger partial charge < -0.3 is 10.3 Å². The minimum absolute atomic E-state index is 0.120. The fraction of sp³-hybridized carbons (Fsp3) is 0.0667. The number of hydrogen-bond acceptors (Lipinski definition) is 2. The molecule has 2 aromatic carbocycles. The third-order valence-corrected chi connectivity index (χ3v) is 3.96. The smallest absolute Gasteiger partial charge is 0.254 e. The lowest BCUT2D eigenvalue weighted by Crippen LogP contribution is -2.20. The van der Waals surface area contributed by atoms with Crippen LogP contribution in [0, 0.1) is 11.6 Å². The number of benzene rings is 2. The van der Waals surface area contributed by atoms with Gasteiger partial charge in [-0.2, -0.15) is 0 Å². The van der Waals surface area contributed by atoms with Crippen LogP contribution in [0.5, 0.6) is 0 Å². The predicted molar refractivity (Wildman–Crippen MR) is 80.1 cm³/mol. The number of amides is 1. The van der Waals surface area contributed by atoms with E-state index in [1.165, 1.54) is 17.7 Å². The topological polar surface area (TPSA) is 65.1 Å². The molecule has 3 aromatic rings. The molecule has 1 amide bonds. The van der Waals surface area contributed by atoms with E-state index in [4.69, 9.17) is 17.3 Å². The summed E-state index contributed by atoms with van der Waals surface area (Å²) in [6.45, 7) is 0. The van der Waals surface area contributed by atoms with Crippen LogP contribution in [-0.4, -0.2) is 10.5 Å². The van der Waals surface area contributed by atoms with E-state index in [1.807, 2.05) is 0 Å². The molecule has 112 valence electrons. The first-order valence-corrected chi connectivity index (χ1v) is 6.61. The van der Waals surface area contributed by atoms with Gasteiger partial charge in [-0.25, -0.2) is 8.78 Å². The molecule has 0 fully saturated rings. The summed E-state index contributed by atoms with van der Waals surface area (Å²) in [6, 6.07) is 6.45. The zero-order chi connectivity index (χ0) is 16.2. The highest BCUT2D eigenvalue weighted by atomic mass is 35.5. The second kappa shape index (κ2) is 4.78. The van der Waals surface area contributed by atoms with Crippen LogP contribution in [0.25, 0.3) is 21.8 Å². The summed E-state index contributed by atoms with van der Waals surface area (Å²) in [4.78, 5) is 23.8. The van der Waals surface area contributed by atoms with Gasteiger partial charge in [-0.05, 0) is 12.1 Å². The standard InChI is InChI=1S/C15H9ClF2N2O2/c1-20-7-5-3-2-4-6(7)14(21)9-11(17)8(15(19)22)12(18)10(16)13(9)20/h2-5H,1H3,(H2,19,22). The van der Waals surface area contributed by atoms with Crippen molar-refractivity contribution < 1.29 is 13.6 Å². The molecule has 0 bridgehead atoms. The fourth-order valence-corrected chi connectivity index (χ4v) is 2.92. The van der Waals surface area contributed by atoms with E-state index < -0.39 is 38.9 Å². The minimum atomic E-state index is -1.32. The first-order chi connectivity index (χ1) is 10.4. The Morgan fingerprint density at radius 1 is 1.23 bits per heavy atom. The molecule has 0 saturated heterocycles. The molecule has 22 heavy (non-hydrogen) atoms. The van der Waals surface area contributed by atoms with Crippen LogP contribution in [0.3, 0.4) is 0 Å². The molecule has 0 unspecified atom stereocenters. The zero-order valence-electron chi connectivity index (χ0n) is 11.3. The Morgan fingerprint density at radius 3 is 2.50 bits per heavy atom. The van der Waals surface area contributed by atoms with Crippen molar-refractivity contribution in [2.75, 3.05) is 0 Å². The molecule has 0 spiro atoms. The maximum absolute atomic E-state index is 14.5. The molecule has 0 aliphatic heterocycles. The van der Waals surface area contributed by atoms with Crippen molar-refractivity contribution in [1.82, 2.24) is 4.57 Å². The van der Waals surface area contributed by atoms with Gasteiger partial charge in [-0.1, -0.05) is 23.7 Å². The molecule has 1 aromatic heterocycles. The van der Waals surface area contributed by atoms with Gasteiger partial charge in [-0.3, -0.25) is 9.59 Å². The van der Waals surface area contributed by atoms with Gasteiger partial charge in [0.25, 0.3) is 5.91 Å². The van der Waals surface area contributed by atoms with Gasteiger partial charge in [0.2, 0.25) is 0 Å². The van der Waals surface area contributed by atoms with E-state index in [1.54, 1.807) is 18.2 Å². The number of aryl methyl sites for hydroxylation is 1. The van der Waals surface area contributed by atoms with E-state index in [0.29, 0.717) is 5.52 Å². The van der Waals surface area contributed by atoms with Crippen LogP contribution in [0.1, 0.15) is 10.4 Å². The fourth-order valence-electron chi connectivity index (χ4n) is 2.60. The maximum Gasteiger partial charge on any atom is 0.254 e. The van der Waals surface area contributed by atoms with E-state index >= 15 is 0 Å². The Hall–Kier alpha value is -2.47. The van der Waals surface area contributed by atoms with Crippen molar-refractivity contribution in [2.45, 2.75) is 0 Å². The molecule has 0 saturated carbocycles. The highest BCUT2D eigenvalue weighted by Gasteiger charge is 2.26. The Kier molecular flexibility index (Phi) is 3.14. The molecular formula is C15H9ClF2N2O2. The van der Waals surface area contributed by atoms with Crippen molar-refractivity contribution in [3.05, 3.63) is 56.7 Å². The molecule has 4 nitrogen and oxygen atoms in total. The predicted octanol–water partition coefficient (Wildman–Crippen LogP) is 2.72. The van der Waals surface area contributed by atoms with E-state index in [-0.39, 0.29) is 10.9 Å². The third-order valence-electron chi connectivity index (χ3n) is 3.61. The lowest BCUT2D eigenvalue weighted by atomic mass is 10.0. The molecule has 0 atom stereocenters. The van der Waals surface area contributed by atoms with Crippen molar-refractivity contribution in [1.29, 1.82) is 0 Å². The summed E-state index contributed by atoms with van der Waals surface area (Å²) in [7, 11) is 1.53. The summed E-state index contributed by atoms with van der Waals surface area (Å²) in [5.74, 6) is -3.89. The van der Waals surface area contributed by atoms with Crippen LogP contribution in [0.2, 0.25) is 5.02 Å². The summed E-state index contributed by atoms with van der Waals surface area (Å²) in [6.07, 6.45) is 0. The molecule has 0 aliphatic rings. The summed E-state index contributed by atoms with van der Waals surface area (Å²) >= 11 is 5.92.